The van der Waals surface area contributed by atoms with Crippen LogP contribution in [-0.2, 0) is 23.7 Å². The number of rotatable bonds is 10. The summed E-state index contributed by atoms with van der Waals surface area (Å²) in [6.07, 6.45) is 25.5. The molecule has 0 aliphatic heterocycles. The largest absolute Gasteiger partial charge is 0.379 e. The van der Waals surface area contributed by atoms with Gasteiger partial charge in [-0.05, 0) is 284 Å². The number of halogens is 5. The van der Waals surface area contributed by atoms with Gasteiger partial charge in [0.2, 0.25) is 0 Å². The highest BCUT2D eigenvalue weighted by molar-refractivity contribution is 7.81. The summed E-state index contributed by atoms with van der Waals surface area (Å²) in [4.78, 5) is 4.36. The maximum Gasteiger partial charge on any atom is 0.0575 e. The van der Waals surface area contributed by atoms with Gasteiger partial charge in [-0.3, -0.25) is 23.5 Å². The van der Waals surface area contributed by atoms with Gasteiger partial charge in [0.1, 0.15) is 0 Å². The second kappa shape index (κ2) is 51.6. The molecule has 95 heavy (non-hydrogen) atoms. The smallest absolute Gasteiger partial charge is 0.0575 e. The molecule has 5 radical (unpaired) electrons. The van der Waals surface area contributed by atoms with Gasteiger partial charge in [0.15, 0.2) is 0 Å². The quantitative estimate of drug-likeness (QED) is 0.103. The Balaban J connectivity index is 0.000000586. The summed E-state index contributed by atoms with van der Waals surface area (Å²) in [5.74, 6) is 35.8. The molecule has 0 bridgehead atoms. The molecule has 515 valence electrons. The molecule has 5 nitrogen and oxygen atoms in total. The molecule has 5 aliphatic carbocycles. The molecule has 10 rings (SSSR count). The zero-order valence-electron chi connectivity index (χ0n) is 56.1. The molecule has 0 amide bonds. The summed E-state index contributed by atoms with van der Waals surface area (Å²) in [5, 5.41) is 0. The van der Waals surface area contributed by atoms with E-state index in [0.717, 1.165) is 214 Å². The normalized spacial score (nSPS) is 21.9. The minimum atomic E-state index is 0. The fourth-order valence-electron chi connectivity index (χ4n) is 11.7. The van der Waals surface area contributed by atoms with Crippen molar-refractivity contribution in [1.29, 1.82) is 0 Å². The molecule has 0 spiro atoms. The van der Waals surface area contributed by atoms with Gasteiger partial charge in [-0.1, -0.05) is 122 Å². The van der Waals surface area contributed by atoms with Crippen molar-refractivity contribution < 1.29 is 47.2 Å². The van der Waals surface area contributed by atoms with Gasteiger partial charge in [0.05, 0.1) is 30.5 Å². The number of ether oxygens (including phenoxy) is 5. The number of hydrogen-bond donors (Lipinski definition) is 0. The molecule has 5 aliphatic rings. The number of hydrogen-bond acceptors (Lipinski definition) is 5. The predicted octanol–water partition coefficient (Wildman–Crippen LogP) is 21.7. The lowest BCUT2D eigenvalue weighted by atomic mass is 9.87. The van der Waals surface area contributed by atoms with Crippen molar-refractivity contribution in [2.24, 2.45) is 29.6 Å². The van der Waals surface area contributed by atoms with Crippen LogP contribution in [0.25, 0.3) is 0 Å². The van der Waals surface area contributed by atoms with Crippen LogP contribution in [0, 0.1) is 88.8 Å². The van der Waals surface area contributed by atoms with Crippen LogP contribution in [-0.4, -0.2) is 63.6 Å². The monoisotopic (exact) mass is 1400 g/mol. The minimum absolute atomic E-state index is 0. The molecule has 5 fully saturated rings. The molecule has 5 saturated carbocycles. The van der Waals surface area contributed by atoms with Crippen LogP contribution in [0.15, 0.2) is 146 Å². The Kier molecular flexibility index (Phi) is 47.5. The Hall–Kier alpha value is -5.55. The van der Waals surface area contributed by atoms with Crippen LogP contribution in [0.4, 0.5) is 23.5 Å². The fourth-order valence-corrected chi connectivity index (χ4v) is 12.3. The first-order chi connectivity index (χ1) is 43.9. The third-order valence-electron chi connectivity index (χ3n) is 16.8. The molecule has 0 heterocycles. The summed E-state index contributed by atoms with van der Waals surface area (Å²) < 4.78 is 28.2. The van der Waals surface area contributed by atoms with E-state index in [2.05, 4.69) is 93.8 Å². The first kappa shape index (κ1) is 87.5. The Labute approximate surface area is 595 Å². The molecule has 0 atom stereocenters. The van der Waals surface area contributed by atoms with Crippen molar-refractivity contribution in [1.82, 2.24) is 0 Å². The molecule has 5 aromatic rings. The fraction of sp³-hybridized carbons (Fsp3) is 0.500. The molecule has 0 unspecified atom stereocenters. The number of benzene rings is 5. The van der Waals surface area contributed by atoms with Crippen LogP contribution >= 0.6 is 63.1 Å². The third-order valence-corrected chi connectivity index (χ3v) is 18.1. The average Bonchev–Trinajstić information content (AvgIpc) is 3.77. The van der Waals surface area contributed by atoms with Crippen molar-refractivity contribution in [3.05, 3.63) is 149 Å². The average molecular weight is 1400 g/mol. The van der Waals surface area contributed by atoms with E-state index in [0.29, 0.717) is 60.1 Å². The molecule has 0 saturated heterocycles. The van der Waals surface area contributed by atoms with Gasteiger partial charge in [-0.25, -0.2) is 0 Å². The lowest BCUT2D eigenvalue weighted by Gasteiger charge is -2.25. The first-order valence-corrected chi connectivity index (χ1v) is 35.4. The van der Waals surface area contributed by atoms with Gasteiger partial charge in [0.25, 0.3) is 0 Å². The first-order valence-electron chi connectivity index (χ1n) is 33.4. The zero-order chi connectivity index (χ0) is 64.0. The lowest BCUT2D eigenvalue weighted by molar-refractivity contribution is 0.0309. The van der Waals surface area contributed by atoms with Crippen molar-refractivity contribution in [2.75, 3.05) is 33.0 Å². The Morgan fingerprint density at radius 1 is 0.232 bits per heavy atom. The zero-order valence-corrected chi connectivity index (χ0v) is 60.2. The van der Waals surface area contributed by atoms with E-state index < -0.39 is 0 Å². The second-order valence-corrected chi connectivity index (χ2v) is 26.0. The summed E-state index contributed by atoms with van der Waals surface area (Å²) >= 11 is 25.3. The minimum Gasteiger partial charge on any atom is -0.379 e. The van der Waals surface area contributed by atoms with Gasteiger partial charge in [-0.2, -0.15) is 0 Å². The van der Waals surface area contributed by atoms with E-state index in [1.54, 1.807) is 0 Å². The maximum atomic E-state index is 5.65. The van der Waals surface area contributed by atoms with Crippen molar-refractivity contribution >= 4 is 63.1 Å². The van der Waals surface area contributed by atoms with Crippen molar-refractivity contribution in [2.45, 2.75) is 218 Å². The van der Waals surface area contributed by atoms with Crippen LogP contribution in [0.3, 0.4) is 0 Å². The Bertz CT molecular complexity index is 2620. The summed E-state index contributed by atoms with van der Waals surface area (Å²) in [7, 11) is 0. The summed E-state index contributed by atoms with van der Waals surface area (Å²) in [6.45, 7) is 14.5. The topological polar surface area (TPSA) is 46.2 Å². The third kappa shape index (κ3) is 36.6. The van der Waals surface area contributed by atoms with E-state index >= 15 is 0 Å². The standard InChI is InChI=1S/5C16H19OS.5FH/c5*1-2-17-15-9-5-13(6-10-15)3-4-14-7-11-16(18)12-8-14;;;;;/h5*7-8,11-13,15H,2,5-6,9-10H2,1H3;5*1H/t5*13-,15-;;;;;. The highest BCUT2D eigenvalue weighted by Crippen LogP contribution is 2.30. The van der Waals surface area contributed by atoms with E-state index in [4.69, 9.17) is 86.8 Å². The molecule has 0 N–H and O–H groups in total. The maximum absolute atomic E-state index is 5.65. The van der Waals surface area contributed by atoms with Crippen LogP contribution in [0.2, 0.25) is 0 Å². The van der Waals surface area contributed by atoms with Gasteiger partial charge in [0, 0.05) is 115 Å². The van der Waals surface area contributed by atoms with Crippen molar-refractivity contribution in [3.8, 4) is 59.2 Å². The Morgan fingerprint density at radius 2 is 0.358 bits per heavy atom. The Morgan fingerprint density at radius 3 is 0.474 bits per heavy atom. The lowest BCUT2D eigenvalue weighted by Crippen LogP contribution is -2.20. The SMILES string of the molecule is CCO[C@H]1CC[C@H](C#Cc2ccc([S])cc2)CC1.CCO[C@H]1CC[C@H](C#Cc2ccc([S])cc2)CC1.CCO[C@H]1CC[C@H](C#Cc2ccc([S])cc2)CC1.CCO[C@H]1CC[C@H](C#Cc2ccc([S])cc2)CC1.CCO[C@H]1CC[C@H](C#Cc2ccc([S])cc2)CC1.F.F.F.F.F. The highest BCUT2D eigenvalue weighted by atomic mass is 32.1. The molecule has 0 aromatic heterocycles. The van der Waals surface area contributed by atoms with Crippen LogP contribution in [0.1, 0.15) is 191 Å². The predicted molar refractivity (Wildman–Crippen MR) is 395 cm³/mol. The van der Waals surface area contributed by atoms with Gasteiger partial charge < -0.3 is 23.7 Å². The van der Waals surface area contributed by atoms with Crippen LogP contribution < -0.4 is 0 Å². The molecular formula is C80H100F5O5S5. The summed E-state index contributed by atoms with van der Waals surface area (Å²) in [5.41, 5.74) is 5.33. The summed E-state index contributed by atoms with van der Waals surface area (Å²) in [6, 6.07) is 39.4. The van der Waals surface area contributed by atoms with Crippen molar-refractivity contribution in [3.63, 3.8) is 0 Å². The van der Waals surface area contributed by atoms with E-state index in [1.165, 1.54) is 0 Å². The molecule has 15 heteroatoms. The van der Waals surface area contributed by atoms with Gasteiger partial charge >= 0.3 is 0 Å². The van der Waals surface area contributed by atoms with Crippen LogP contribution in [0.5, 0.6) is 0 Å². The van der Waals surface area contributed by atoms with E-state index in [9.17, 15) is 0 Å². The molecular weight excluding hydrogens is 1300 g/mol. The van der Waals surface area contributed by atoms with Gasteiger partial charge in [-0.15, -0.1) is 0 Å². The highest BCUT2D eigenvalue weighted by Gasteiger charge is 2.23. The second-order valence-electron chi connectivity index (χ2n) is 23.6. The van der Waals surface area contributed by atoms with E-state index in [-0.39, 0.29) is 23.5 Å². The molecule has 5 aromatic carbocycles. The van der Waals surface area contributed by atoms with E-state index in [1.807, 2.05) is 121 Å².